The van der Waals surface area contributed by atoms with Crippen molar-refractivity contribution in [2.45, 2.75) is 13.8 Å². The van der Waals surface area contributed by atoms with E-state index < -0.39 is 5.97 Å². The highest BCUT2D eigenvalue weighted by Crippen LogP contribution is 2.08. The fraction of sp³-hybridized carbons (Fsp3) is 0.364. The minimum atomic E-state index is -1.03. The topological polar surface area (TPSA) is 70.5 Å². The Morgan fingerprint density at radius 2 is 2.06 bits per heavy atom. The van der Waals surface area contributed by atoms with Crippen LogP contribution in [-0.4, -0.2) is 40.5 Å². The molecule has 1 heterocycles. The highest BCUT2D eigenvalue weighted by Gasteiger charge is 2.15. The van der Waals surface area contributed by atoms with Crippen LogP contribution in [0.5, 0.6) is 0 Å². The minimum absolute atomic E-state index is 0.121. The number of hydrogen-bond acceptors (Lipinski definition) is 3. The van der Waals surface area contributed by atoms with Crippen LogP contribution < -0.4 is 0 Å². The van der Waals surface area contributed by atoms with Gasteiger partial charge in [-0.3, -0.25) is 4.79 Å². The van der Waals surface area contributed by atoms with Gasteiger partial charge < -0.3 is 10.0 Å². The predicted molar refractivity (Wildman–Crippen MR) is 58.6 cm³/mol. The summed E-state index contributed by atoms with van der Waals surface area (Å²) in [5.74, 6) is -1.24. The molecule has 1 rings (SSSR count). The van der Waals surface area contributed by atoms with E-state index in [4.69, 9.17) is 5.11 Å². The third-order valence-corrected chi connectivity index (χ3v) is 2.36. The second-order valence-corrected chi connectivity index (χ2v) is 3.45. The molecule has 1 aromatic heterocycles. The van der Waals surface area contributed by atoms with Gasteiger partial charge in [-0.05, 0) is 26.0 Å². The maximum atomic E-state index is 11.7. The zero-order valence-corrected chi connectivity index (χ0v) is 9.52. The summed E-state index contributed by atoms with van der Waals surface area (Å²) < 4.78 is 0. The standard InChI is InChI=1S/C11H14N2O3/c1-4-13(3)10(14)9-6-5-8(11(15)16)7(2)12-9/h5-6H,4H2,1-3H3,(H,15,16). The van der Waals surface area contributed by atoms with Crippen LogP contribution in [0.25, 0.3) is 0 Å². The number of pyridine rings is 1. The van der Waals surface area contributed by atoms with Crippen LogP contribution in [0.1, 0.15) is 33.5 Å². The number of hydrogen-bond donors (Lipinski definition) is 1. The van der Waals surface area contributed by atoms with E-state index in [2.05, 4.69) is 4.98 Å². The van der Waals surface area contributed by atoms with Gasteiger partial charge >= 0.3 is 5.97 Å². The number of carbonyl (C=O) groups is 2. The van der Waals surface area contributed by atoms with Gasteiger partial charge in [-0.1, -0.05) is 0 Å². The summed E-state index contributed by atoms with van der Waals surface area (Å²) in [5, 5.41) is 8.82. The molecule has 5 nitrogen and oxygen atoms in total. The van der Waals surface area contributed by atoms with Crippen molar-refractivity contribution in [1.29, 1.82) is 0 Å². The van der Waals surface area contributed by atoms with E-state index in [1.165, 1.54) is 17.0 Å². The minimum Gasteiger partial charge on any atom is -0.478 e. The van der Waals surface area contributed by atoms with Crippen molar-refractivity contribution < 1.29 is 14.7 Å². The molecule has 0 atom stereocenters. The Bertz CT molecular complexity index is 429. The molecule has 5 heteroatoms. The summed E-state index contributed by atoms with van der Waals surface area (Å²) in [6.07, 6.45) is 0. The Balaban J connectivity index is 3.06. The molecule has 0 unspecified atom stereocenters. The van der Waals surface area contributed by atoms with Crippen molar-refractivity contribution in [3.63, 3.8) is 0 Å². The molecule has 0 fully saturated rings. The van der Waals surface area contributed by atoms with E-state index in [1.807, 2.05) is 6.92 Å². The summed E-state index contributed by atoms with van der Waals surface area (Å²) in [7, 11) is 1.67. The van der Waals surface area contributed by atoms with E-state index in [9.17, 15) is 9.59 Å². The Hall–Kier alpha value is -1.91. The molecule has 0 aliphatic heterocycles. The first kappa shape index (κ1) is 12.2. The molecular weight excluding hydrogens is 208 g/mol. The molecule has 1 aromatic rings. The summed E-state index contributed by atoms with van der Waals surface area (Å²) >= 11 is 0. The first-order valence-electron chi connectivity index (χ1n) is 4.93. The van der Waals surface area contributed by atoms with Crippen LogP contribution in [0.3, 0.4) is 0 Å². The van der Waals surface area contributed by atoms with Gasteiger partial charge in [-0.2, -0.15) is 0 Å². The average molecular weight is 222 g/mol. The van der Waals surface area contributed by atoms with Gasteiger partial charge in [0.05, 0.1) is 11.3 Å². The zero-order valence-electron chi connectivity index (χ0n) is 9.52. The predicted octanol–water partition coefficient (Wildman–Crippen LogP) is 1.18. The zero-order chi connectivity index (χ0) is 12.3. The molecule has 0 saturated heterocycles. The van der Waals surface area contributed by atoms with E-state index >= 15 is 0 Å². The molecule has 0 bridgehead atoms. The monoisotopic (exact) mass is 222 g/mol. The van der Waals surface area contributed by atoms with E-state index in [0.717, 1.165) is 0 Å². The molecule has 86 valence electrons. The number of aromatic nitrogens is 1. The Morgan fingerprint density at radius 1 is 1.44 bits per heavy atom. The molecule has 0 aliphatic carbocycles. The number of rotatable bonds is 3. The van der Waals surface area contributed by atoms with Crippen molar-refractivity contribution in [3.8, 4) is 0 Å². The van der Waals surface area contributed by atoms with Crippen molar-refractivity contribution in [2.75, 3.05) is 13.6 Å². The van der Waals surface area contributed by atoms with Gasteiger partial charge in [0, 0.05) is 13.6 Å². The molecule has 0 aliphatic rings. The molecule has 0 radical (unpaired) electrons. The number of carboxylic acids is 1. The normalized spacial score (nSPS) is 9.94. The van der Waals surface area contributed by atoms with Gasteiger partial charge in [0.1, 0.15) is 5.69 Å². The molecule has 1 amide bonds. The van der Waals surface area contributed by atoms with Gasteiger partial charge in [0.15, 0.2) is 0 Å². The smallest absolute Gasteiger partial charge is 0.337 e. The number of amides is 1. The first-order valence-corrected chi connectivity index (χ1v) is 4.93. The molecule has 0 saturated carbocycles. The number of aromatic carboxylic acids is 1. The lowest BCUT2D eigenvalue weighted by atomic mass is 10.2. The SMILES string of the molecule is CCN(C)C(=O)c1ccc(C(=O)O)c(C)n1. The molecule has 1 N–H and O–H groups in total. The van der Waals surface area contributed by atoms with Gasteiger partial charge in [-0.25, -0.2) is 9.78 Å². The van der Waals surface area contributed by atoms with Crippen LogP contribution in [0.2, 0.25) is 0 Å². The third kappa shape index (κ3) is 2.36. The molecule has 16 heavy (non-hydrogen) atoms. The number of aryl methyl sites for hydroxylation is 1. The van der Waals surface area contributed by atoms with Crippen molar-refractivity contribution in [2.24, 2.45) is 0 Å². The Kier molecular flexibility index (Phi) is 3.60. The van der Waals surface area contributed by atoms with Crippen LogP contribution in [0, 0.1) is 6.92 Å². The fourth-order valence-corrected chi connectivity index (χ4v) is 1.25. The maximum absolute atomic E-state index is 11.7. The summed E-state index contributed by atoms with van der Waals surface area (Å²) in [6, 6.07) is 2.84. The largest absolute Gasteiger partial charge is 0.478 e. The summed E-state index contributed by atoms with van der Waals surface area (Å²) in [4.78, 5) is 28.0. The van der Waals surface area contributed by atoms with Crippen molar-refractivity contribution >= 4 is 11.9 Å². The second kappa shape index (κ2) is 4.74. The molecule has 0 aromatic carbocycles. The lowest BCUT2D eigenvalue weighted by Gasteiger charge is -2.14. The van der Waals surface area contributed by atoms with E-state index in [-0.39, 0.29) is 17.2 Å². The van der Waals surface area contributed by atoms with Crippen LogP contribution >= 0.6 is 0 Å². The maximum Gasteiger partial charge on any atom is 0.337 e. The van der Waals surface area contributed by atoms with Crippen LogP contribution in [0.4, 0.5) is 0 Å². The highest BCUT2D eigenvalue weighted by atomic mass is 16.4. The average Bonchev–Trinajstić information content (AvgIpc) is 2.26. The highest BCUT2D eigenvalue weighted by molar-refractivity contribution is 5.94. The van der Waals surface area contributed by atoms with Gasteiger partial charge in [0.2, 0.25) is 0 Å². The quantitative estimate of drug-likeness (QED) is 0.833. The fourth-order valence-electron chi connectivity index (χ4n) is 1.25. The summed E-state index contributed by atoms with van der Waals surface area (Å²) in [6.45, 7) is 4.02. The Labute approximate surface area is 93.7 Å². The third-order valence-electron chi connectivity index (χ3n) is 2.36. The van der Waals surface area contributed by atoms with Gasteiger partial charge in [-0.15, -0.1) is 0 Å². The number of carbonyl (C=O) groups excluding carboxylic acids is 1. The molecule has 0 spiro atoms. The second-order valence-electron chi connectivity index (χ2n) is 3.45. The molecular formula is C11H14N2O3. The first-order chi connectivity index (χ1) is 7.47. The summed E-state index contributed by atoms with van der Waals surface area (Å²) in [5.41, 5.74) is 0.741. The van der Waals surface area contributed by atoms with E-state index in [1.54, 1.807) is 14.0 Å². The van der Waals surface area contributed by atoms with Crippen LogP contribution in [-0.2, 0) is 0 Å². The van der Waals surface area contributed by atoms with Crippen molar-refractivity contribution in [1.82, 2.24) is 9.88 Å². The van der Waals surface area contributed by atoms with Gasteiger partial charge in [0.25, 0.3) is 5.91 Å². The Morgan fingerprint density at radius 3 is 2.50 bits per heavy atom. The van der Waals surface area contributed by atoms with E-state index in [0.29, 0.717) is 12.2 Å². The van der Waals surface area contributed by atoms with Crippen molar-refractivity contribution in [3.05, 3.63) is 29.1 Å². The number of carboxylic acid groups (broad SMARTS) is 1. The number of nitrogens with zero attached hydrogens (tertiary/aromatic N) is 2. The lowest BCUT2D eigenvalue weighted by molar-refractivity contribution is 0.0693. The lowest BCUT2D eigenvalue weighted by Crippen LogP contribution is -2.27. The van der Waals surface area contributed by atoms with Crippen LogP contribution in [0.15, 0.2) is 12.1 Å².